The summed E-state index contributed by atoms with van der Waals surface area (Å²) in [5.74, 6) is 1.52. The number of rotatable bonds is 6. The predicted molar refractivity (Wildman–Crippen MR) is 93.9 cm³/mol. The summed E-state index contributed by atoms with van der Waals surface area (Å²) in [6, 6.07) is 9.66. The molecule has 2 aromatic heterocycles. The van der Waals surface area contributed by atoms with E-state index in [9.17, 15) is 9.50 Å². The molecule has 0 spiro atoms. The van der Waals surface area contributed by atoms with E-state index in [1.165, 1.54) is 12.1 Å². The minimum atomic E-state index is -0.737. The van der Waals surface area contributed by atoms with E-state index in [1.807, 2.05) is 24.0 Å². The molecule has 0 radical (unpaired) electrons. The zero-order valence-electron chi connectivity index (χ0n) is 14.6. The van der Waals surface area contributed by atoms with E-state index in [-0.39, 0.29) is 5.82 Å². The lowest BCUT2D eigenvalue weighted by atomic mass is 10.1. The Labute approximate surface area is 145 Å². The van der Waals surface area contributed by atoms with Crippen molar-refractivity contribution in [3.63, 3.8) is 0 Å². The average Bonchev–Trinajstić information content (AvgIpc) is 2.95. The van der Waals surface area contributed by atoms with Crippen molar-refractivity contribution in [3.8, 4) is 0 Å². The highest BCUT2D eigenvalue weighted by atomic mass is 19.1. The van der Waals surface area contributed by atoms with E-state index < -0.39 is 6.10 Å². The van der Waals surface area contributed by atoms with Gasteiger partial charge in [-0.2, -0.15) is 4.52 Å². The van der Waals surface area contributed by atoms with Crippen molar-refractivity contribution in [2.24, 2.45) is 5.92 Å². The van der Waals surface area contributed by atoms with E-state index in [2.05, 4.69) is 29.1 Å². The van der Waals surface area contributed by atoms with Gasteiger partial charge in [-0.15, -0.1) is 15.3 Å². The molecular weight excluding hydrogens is 321 g/mol. The van der Waals surface area contributed by atoms with Crippen LogP contribution in [-0.4, -0.2) is 38.0 Å². The number of halogens is 1. The zero-order valence-corrected chi connectivity index (χ0v) is 14.6. The van der Waals surface area contributed by atoms with Crippen LogP contribution in [0.15, 0.2) is 36.4 Å². The van der Waals surface area contributed by atoms with E-state index in [0.717, 1.165) is 12.4 Å². The number of hydrogen-bond acceptors (Lipinski definition) is 5. The van der Waals surface area contributed by atoms with Crippen molar-refractivity contribution >= 4 is 11.5 Å². The molecule has 1 atom stereocenters. The molecular formula is C18H22FN5O. The fourth-order valence-electron chi connectivity index (χ4n) is 2.76. The number of aromatic nitrogens is 4. The fourth-order valence-corrected chi connectivity index (χ4v) is 2.76. The summed E-state index contributed by atoms with van der Waals surface area (Å²) in [7, 11) is 0. The van der Waals surface area contributed by atoms with Crippen LogP contribution in [0.1, 0.15) is 31.3 Å². The van der Waals surface area contributed by atoms with Gasteiger partial charge in [0.15, 0.2) is 11.5 Å². The maximum atomic E-state index is 13.1. The molecule has 1 N–H and O–H groups in total. The number of hydrogen-bond donors (Lipinski definition) is 1. The Morgan fingerprint density at radius 3 is 2.48 bits per heavy atom. The number of nitrogens with zero attached hydrogens (tertiary/aromatic N) is 5. The molecule has 7 heteroatoms. The van der Waals surface area contributed by atoms with Crippen LogP contribution < -0.4 is 4.90 Å². The van der Waals surface area contributed by atoms with E-state index in [4.69, 9.17) is 0 Å². The van der Waals surface area contributed by atoms with Crippen molar-refractivity contribution in [2.75, 3.05) is 18.0 Å². The first-order chi connectivity index (χ1) is 11.9. The third-order valence-electron chi connectivity index (χ3n) is 3.96. The normalized spacial score (nSPS) is 12.7. The van der Waals surface area contributed by atoms with Crippen molar-refractivity contribution in [2.45, 2.75) is 26.9 Å². The first-order valence-corrected chi connectivity index (χ1v) is 8.31. The average molecular weight is 343 g/mol. The summed E-state index contributed by atoms with van der Waals surface area (Å²) >= 11 is 0. The number of anilines is 1. The molecule has 0 aliphatic carbocycles. The molecule has 0 amide bonds. The van der Waals surface area contributed by atoms with Gasteiger partial charge in [0.25, 0.3) is 0 Å². The zero-order chi connectivity index (χ0) is 18.0. The molecule has 0 saturated heterocycles. The van der Waals surface area contributed by atoms with Gasteiger partial charge in [0, 0.05) is 13.1 Å². The Bertz CT molecular complexity index is 846. The van der Waals surface area contributed by atoms with Crippen molar-refractivity contribution in [3.05, 3.63) is 53.6 Å². The maximum absolute atomic E-state index is 13.1. The molecule has 6 nitrogen and oxygen atoms in total. The van der Waals surface area contributed by atoms with Crippen molar-refractivity contribution in [1.29, 1.82) is 0 Å². The van der Waals surface area contributed by atoms with Crippen molar-refractivity contribution in [1.82, 2.24) is 19.8 Å². The van der Waals surface area contributed by atoms with Gasteiger partial charge in [0.1, 0.15) is 11.6 Å². The summed E-state index contributed by atoms with van der Waals surface area (Å²) in [6.07, 6.45) is -0.737. The van der Waals surface area contributed by atoms with Gasteiger partial charge in [-0.3, -0.25) is 0 Å². The quantitative estimate of drug-likeness (QED) is 0.745. The Morgan fingerprint density at radius 2 is 1.80 bits per heavy atom. The van der Waals surface area contributed by atoms with Gasteiger partial charge in [-0.05, 0) is 42.7 Å². The summed E-state index contributed by atoms with van der Waals surface area (Å²) in [6.45, 7) is 7.16. The topological polar surface area (TPSA) is 66.5 Å². The molecule has 0 saturated carbocycles. The largest absolute Gasteiger partial charge is 0.387 e. The molecule has 0 bridgehead atoms. The Balaban J connectivity index is 1.87. The number of aryl methyl sites for hydroxylation is 1. The second-order valence-corrected chi connectivity index (χ2v) is 6.57. The molecule has 1 unspecified atom stereocenters. The van der Waals surface area contributed by atoms with E-state index >= 15 is 0 Å². The van der Waals surface area contributed by atoms with Crippen LogP contribution in [0.25, 0.3) is 5.65 Å². The predicted octanol–water partition coefficient (Wildman–Crippen LogP) is 2.77. The molecule has 3 aromatic rings. The number of aliphatic hydroxyl groups is 1. The van der Waals surface area contributed by atoms with Gasteiger partial charge >= 0.3 is 0 Å². The number of aliphatic hydroxyl groups excluding tert-OH is 1. The van der Waals surface area contributed by atoms with E-state index in [1.54, 1.807) is 16.6 Å². The van der Waals surface area contributed by atoms with Gasteiger partial charge in [-0.25, -0.2) is 4.39 Å². The lowest BCUT2D eigenvalue weighted by Gasteiger charge is -2.28. The summed E-state index contributed by atoms with van der Waals surface area (Å²) in [5, 5.41) is 23.2. The lowest BCUT2D eigenvalue weighted by molar-refractivity contribution is 0.182. The van der Waals surface area contributed by atoms with Crippen molar-refractivity contribution < 1.29 is 9.50 Å². The standard InChI is InChI=1S/C18H22FN5O/c1-12(2)10-23(11-16(25)14-4-6-15(19)7-5-14)18-9-8-17-21-20-13(3)24(17)22-18/h4-9,12,16,25H,10-11H2,1-3H3. The first kappa shape index (κ1) is 17.3. The summed E-state index contributed by atoms with van der Waals surface area (Å²) in [5.41, 5.74) is 1.36. The fraction of sp³-hybridized carbons (Fsp3) is 0.389. The van der Waals surface area contributed by atoms with Crippen LogP contribution in [0.4, 0.5) is 10.2 Å². The Kier molecular flexibility index (Phi) is 4.94. The Morgan fingerprint density at radius 1 is 1.08 bits per heavy atom. The van der Waals surface area contributed by atoms with Gasteiger partial charge in [0.2, 0.25) is 0 Å². The van der Waals surface area contributed by atoms with Crippen LogP contribution in [0.5, 0.6) is 0 Å². The summed E-state index contributed by atoms with van der Waals surface area (Å²) in [4.78, 5) is 2.03. The molecule has 1 aromatic carbocycles. The monoisotopic (exact) mass is 343 g/mol. The highest BCUT2D eigenvalue weighted by Gasteiger charge is 2.17. The SMILES string of the molecule is Cc1nnc2ccc(N(CC(C)C)CC(O)c3ccc(F)cc3)nn12. The van der Waals surface area contributed by atoms with Gasteiger partial charge in [-0.1, -0.05) is 26.0 Å². The third-order valence-corrected chi connectivity index (χ3v) is 3.96. The third kappa shape index (κ3) is 3.93. The lowest BCUT2D eigenvalue weighted by Crippen LogP contribution is -2.33. The van der Waals surface area contributed by atoms with Crippen LogP contribution in [0, 0.1) is 18.7 Å². The second kappa shape index (κ2) is 7.14. The highest BCUT2D eigenvalue weighted by molar-refractivity contribution is 5.46. The number of benzene rings is 1. The molecule has 25 heavy (non-hydrogen) atoms. The molecule has 132 valence electrons. The molecule has 0 fully saturated rings. The minimum absolute atomic E-state index is 0.315. The molecule has 3 rings (SSSR count). The van der Waals surface area contributed by atoms with Crippen LogP contribution in [0.3, 0.4) is 0 Å². The van der Waals surface area contributed by atoms with Crippen LogP contribution >= 0.6 is 0 Å². The second-order valence-electron chi connectivity index (χ2n) is 6.57. The smallest absolute Gasteiger partial charge is 0.178 e. The maximum Gasteiger partial charge on any atom is 0.178 e. The van der Waals surface area contributed by atoms with Gasteiger partial charge in [0.05, 0.1) is 6.10 Å². The Hall–Kier alpha value is -2.54. The molecule has 0 aliphatic rings. The molecule has 0 aliphatic heterocycles. The van der Waals surface area contributed by atoms with Crippen LogP contribution in [-0.2, 0) is 0 Å². The summed E-state index contributed by atoms with van der Waals surface area (Å²) < 4.78 is 14.8. The highest BCUT2D eigenvalue weighted by Crippen LogP contribution is 2.20. The van der Waals surface area contributed by atoms with Gasteiger partial charge < -0.3 is 10.0 Å². The molecule has 2 heterocycles. The first-order valence-electron chi connectivity index (χ1n) is 8.31. The number of fused-ring (bicyclic) bond motifs is 1. The van der Waals surface area contributed by atoms with E-state index in [0.29, 0.717) is 29.5 Å². The van der Waals surface area contributed by atoms with Crippen LogP contribution in [0.2, 0.25) is 0 Å². The minimum Gasteiger partial charge on any atom is -0.387 e.